The van der Waals surface area contributed by atoms with Crippen molar-refractivity contribution in [2.75, 3.05) is 7.11 Å². The van der Waals surface area contributed by atoms with Gasteiger partial charge in [0.05, 0.1) is 19.3 Å². The monoisotopic (exact) mass is 315 g/mol. The molecule has 0 saturated carbocycles. The number of halogens is 1. The molecule has 5 heteroatoms. The van der Waals surface area contributed by atoms with Crippen LogP contribution >= 0.6 is 11.6 Å². The lowest BCUT2D eigenvalue weighted by atomic mass is 10.0. The SMILES string of the molecule is COc1ccccc1-c1noc(-c2cccc(Cl)c2)c1CO. The zero-order valence-electron chi connectivity index (χ0n) is 11.9. The Morgan fingerprint density at radius 3 is 2.73 bits per heavy atom. The molecule has 1 N–H and O–H groups in total. The van der Waals surface area contributed by atoms with Gasteiger partial charge in [-0.1, -0.05) is 41.0 Å². The summed E-state index contributed by atoms with van der Waals surface area (Å²) in [6, 6.07) is 14.7. The van der Waals surface area contributed by atoms with E-state index in [0.717, 1.165) is 11.1 Å². The molecular weight excluding hydrogens is 302 g/mol. The molecule has 0 aliphatic heterocycles. The van der Waals surface area contributed by atoms with E-state index < -0.39 is 0 Å². The van der Waals surface area contributed by atoms with E-state index >= 15 is 0 Å². The summed E-state index contributed by atoms with van der Waals surface area (Å²) in [6.07, 6.45) is 0. The van der Waals surface area contributed by atoms with Gasteiger partial charge in [-0.2, -0.15) is 0 Å². The van der Waals surface area contributed by atoms with Crippen LogP contribution in [0.2, 0.25) is 5.02 Å². The van der Waals surface area contributed by atoms with Crippen molar-refractivity contribution in [3.05, 3.63) is 59.1 Å². The van der Waals surface area contributed by atoms with Crippen LogP contribution in [0.3, 0.4) is 0 Å². The standard InChI is InChI=1S/C17H14ClNO3/c1-21-15-8-3-2-7-13(15)16-14(10-20)17(22-19-16)11-5-4-6-12(18)9-11/h2-9,20H,10H2,1H3. The Morgan fingerprint density at radius 1 is 1.18 bits per heavy atom. The third kappa shape index (κ3) is 2.58. The van der Waals surface area contributed by atoms with Crippen molar-refractivity contribution in [1.82, 2.24) is 5.16 Å². The van der Waals surface area contributed by atoms with Crippen LogP contribution < -0.4 is 4.74 Å². The smallest absolute Gasteiger partial charge is 0.173 e. The lowest BCUT2D eigenvalue weighted by Gasteiger charge is -2.06. The van der Waals surface area contributed by atoms with Crippen LogP contribution in [-0.4, -0.2) is 17.4 Å². The Hall–Kier alpha value is -2.30. The first-order valence-corrected chi connectivity index (χ1v) is 7.11. The van der Waals surface area contributed by atoms with Crippen LogP contribution in [0.5, 0.6) is 5.75 Å². The molecule has 3 aromatic rings. The zero-order chi connectivity index (χ0) is 15.5. The molecule has 0 aliphatic rings. The van der Waals surface area contributed by atoms with Crippen LogP contribution in [0.1, 0.15) is 5.56 Å². The van der Waals surface area contributed by atoms with Crippen LogP contribution in [-0.2, 0) is 6.61 Å². The first-order valence-electron chi connectivity index (χ1n) is 6.73. The van der Waals surface area contributed by atoms with Gasteiger partial charge in [-0.25, -0.2) is 0 Å². The van der Waals surface area contributed by atoms with E-state index in [1.165, 1.54) is 0 Å². The lowest BCUT2D eigenvalue weighted by molar-refractivity contribution is 0.281. The van der Waals surface area contributed by atoms with E-state index in [9.17, 15) is 5.11 Å². The van der Waals surface area contributed by atoms with Crippen molar-refractivity contribution < 1.29 is 14.4 Å². The zero-order valence-corrected chi connectivity index (χ0v) is 12.7. The molecule has 1 heterocycles. The van der Waals surface area contributed by atoms with E-state index in [1.54, 1.807) is 19.2 Å². The summed E-state index contributed by atoms with van der Waals surface area (Å²) < 4.78 is 10.8. The minimum atomic E-state index is -0.196. The predicted octanol–water partition coefficient (Wildman–Crippen LogP) is 4.16. The second kappa shape index (κ2) is 6.22. The van der Waals surface area contributed by atoms with E-state index in [0.29, 0.717) is 27.8 Å². The fourth-order valence-corrected chi connectivity index (χ4v) is 2.55. The summed E-state index contributed by atoms with van der Waals surface area (Å²) in [4.78, 5) is 0. The fraction of sp³-hybridized carbons (Fsp3) is 0.118. The third-order valence-electron chi connectivity index (χ3n) is 3.40. The largest absolute Gasteiger partial charge is 0.496 e. The molecule has 0 atom stereocenters. The van der Waals surface area contributed by atoms with E-state index in [4.69, 9.17) is 20.9 Å². The second-order valence-corrected chi connectivity index (χ2v) is 5.14. The first-order chi connectivity index (χ1) is 10.7. The van der Waals surface area contributed by atoms with Crippen molar-refractivity contribution in [1.29, 1.82) is 0 Å². The molecule has 0 spiro atoms. The number of aromatic nitrogens is 1. The molecule has 0 fully saturated rings. The van der Waals surface area contributed by atoms with Crippen molar-refractivity contribution >= 4 is 11.6 Å². The highest BCUT2D eigenvalue weighted by Gasteiger charge is 2.20. The number of methoxy groups -OCH3 is 1. The molecule has 4 nitrogen and oxygen atoms in total. The molecule has 112 valence electrons. The van der Waals surface area contributed by atoms with Gasteiger partial charge < -0.3 is 14.4 Å². The molecule has 22 heavy (non-hydrogen) atoms. The van der Waals surface area contributed by atoms with Gasteiger partial charge in [-0.3, -0.25) is 0 Å². The molecule has 1 aromatic heterocycles. The summed E-state index contributed by atoms with van der Waals surface area (Å²) in [6.45, 7) is -0.196. The minimum Gasteiger partial charge on any atom is -0.496 e. The summed E-state index contributed by atoms with van der Waals surface area (Å²) in [7, 11) is 1.59. The maximum Gasteiger partial charge on any atom is 0.173 e. The summed E-state index contributed by atoms with van der Waals surface area (Å²) in [5.41, 5.74) is 2.71. The molecule has 0 radical (unpaired) electrons. The second-order valence-electron chi connectivity index (χ2n) is 4.71. The molecule has 0 bridgehead atoms. The van der Waals surface area contributed by atoms with Crippen LogP contribution in [0.15, 0.2) is 53.1 Å². The Kier molecular flexibility index (Phi) is 4.13. The van der Waals surface area contributed by atoms with Gasteiger partial charge in [0, 0.05) is 16.1 Å². The van der Waals surface area contributed by atoms with E-state index in [1.807, 2.05) is 36.4 Å². The predicted molar refractivity (Wildman–Crippen MR) is 84.9 cm³/mol. The van der Waals surface area contributed by atoms with Crippen LogP contribution in [0.25, 0.3) is 22.6 Å². The fourth-order valence-electron chi connectivity index (χ4n) is 2.36. The Balaban J connectivity index is 2.16. The topological polar surface area (TPSA) is 55.5 Å². The molecule has 0 unspecified atom stereocenters. The maximum atomic E-state index is 9.77. The molecule has 0 amide bonds. The maximum absolute atomic E-state index is 9.77. The molecular formula is C17H14ClNO3. The van der Waals surface area contributed by atoms with Gasteiger partial charge in [0.15, 0.2) is 5.76 Å². The highest BCUT2D eigenvalue weighted by molar-refractivity contribution is 6.30. The summed E-state index contributed by atoms with van der Waals surface area (Å²) in [5.74, 6) is 1.18. The van der Waals surface area contributed by atoms with Gasteiger partial charge in [0.2, 0.25) is 0 Å². The number of hydrogen-bond acceptors (Lipinski definition) is 4. The number of ether oxygens (including phenoxy) is 1. The van der Waals surface area contributed by atoms with Crippen molar-refractivity contribution in [2.45, 2.75) is 6.61 Å². The van der Waals surface area contributed by atoms with Crippen LogP contribution in [0.4, 0.5) is 0 Å². The Bertz CT molecular complexity index is 798. The highest BCUT2D eigenvalue weighted by atomic mass is 35.5. The Labute approximate surface area is 132 Å². The number of nitrogens with zero attached hydrogens (tertiary/aromatic N) is 1. The Morgan fingerprint density at radius 2 is 2.00 bits per heavy atom. The number of para-hydroxylation sites is 1. The number of aliphatic hydroxyl groups is 1. The molecule has 3 rings (SSSR count). The molecule has 0 saturated heterocycles. The normalized spacial score (nSPS) is 10.7. The van der Waals surface area contributed by atoms with Crippen molar-refractivity contribution in [3.63, 3.8) is 0 Å². The summed E-state index contributed by atoms with van der Waals surface area (Å²) in [5, 5.41) is 14.5. The van der Waals surface area contributed by atoms with E-state index in [-0.39, 0.29) is 6.61 Å². The average Bonchev–Trinajstić information content (AvgIpc) is 2.98. The van der Waals surface area contributed by atoms with Gasteiger partial charge in [-0.15, -0.1) is 0 Å². The summed E-state index contributed by atoms with van der Waals surface area (Å²) >= 11 is 6.02. The van der Waals surface area contributed by atoms with Gasteiger partial charge in [0.1, 0.15) is 11.4 Å². The van der Waals surface area contributed by atoms with Crippen molar-refractivity contribution in [3.8, 4) is 28.3 Å². The molecule has 0 aliphatic carbocycles. The number of benzene rings is 2. The van der Waals surface area contributed by atoms with E-state index in [2.05, 4.69) is 5.16 Å². The van der Waals surface area contributed by atoms with Gasteiger partial charge in [0.25, 0.3) is 0 Å². The quantitative estimate of drug-likeness (QED) is 0.785. The van der Waals surface area contributed by atoms with Crippen LogP contribution in [0, 0.1) is 0 Å². The third-order valence-corrected chi connectivity index (χ3v) is 3.63. The minimum absolute atomic E-state index is 0.196. The van der Waals surface area contributed by atoms with Crippen molar-refractivity contribution in [2.24, 2.45) is 0 Å². The first kappa shape index (κ1) is 14.6. The number of hydrogen-bond donors (Lipinski definition) is 1. The van der Waals surface area contributed by atoms with Gasteiger partial charge in [-0.05, 0) is 24.3 Å². The van der Waals surface area contributed by atoms with Gasteiger partial charge >= 0.3 is 0 Å². The number of aliphatic hydroxyl groups excluding tert-OH is 1. The number of rotatable bonds is 4. The lowest BCUT2D eigenvalue weighted by Crippen LogP contribution is -1.92. The highest BCUT2D eigenvalue weighted by Crippen LogP contribution is 2.36. The average molecular weight is 316 g/mol. The molecule has 2 aromatic carbocycles.